The summed E-state index contributed by atoms with van der Waals surface area (Å²) in [4.78, 5) is 20.2. The van der Waals surface area contributed by atoms with Crippen LogP contribution in [0.2, 0.25) is 0 Å². The maximum atomic E-state index is 12.2. The Morgan fingerprint density at radius 1 is 1.08 bits per heavy atom. The van der Waals surface area contributed by atoms with Crippen LogP contribution in [0.1, 0.15) is 15.9 Å². The maximum Gasteiger partial charge on any atom is 0.321 e. The first-order valence-corrected chi connectivity index (χ1v) is 7.28. The average molecular weight is 321 g/mol. The van der Waals surface area contributed by atoms with Gasteiger partial charge in [0, 0.05) is 18.1 Å². The number of aryl methyl sites for hydroxylation is 1. The first-order valence-electron chi connectivity index (χ1n) is 7.28. The molecule has 3 aromatic rings. The molecule has 0 aliphatic carbocycles. The van der Waals surface area contributed by atoms with Gasteiger partial charge in [0.25, 0.3) is 5.91 Å². The van der Waals surface area contributed by atoms with Crippen molar-refractivity contribution in [3.63, 3.8) is 0 Å². The van der Waals surface area contributed by atoms with E-state index >= 15 is 0 Å². The number of phenolic OH excluding ortho intramolecular Hbond substituents is 1. The summed E-state index contributed by atoms with van der Waals surface area (Å²) in [6.07, 6.45) is 3.18. The summed E-state index contributed by atoms with van der Waals surface area (Å²) in [5, 5.41) is 12.5. The zero-order chi connectivity index (χ0) is 16.9. The molecule has 2 aromatic carbocycles. The summed E-state index contributed by atoms with van der Waals surface area (Å²) in [7, 11) is 0. The van der Waals surface area contributed by atoms with Gasteiger partial charge < -0.3 is 15.2 Å². The quantitative estimate of drug-likeness (QED) is 0.768. The third-order valence-electron chi connectivity index (χ3n) is 3.26. The van der Waals surface area contributed by atoms with Gasteiger partial charge in [-0.05, 0) is 49.4 Å². The van der Waals surface area contributed by atoms with Crippen molar-refractivity contribution in [3.05, 3.63) is 72.1 Å². The van der Waals surface area contributed by atoms with Crippen LogP contribution in [0.15, 0.2) is 60.9 Å². The zero-order valence-electron chi connectivity index (χ0n) is 12.9. The lowest BCUT2D eigenvalue weighted by atomic mass is 10.1. The Labute approximate surface area is 138 Å². The van der Waals surface area contributed by atoms with Gasteiger partial charge in [-0.3, -0.25) is 4.79 Å². The van der Waals surface area contributed by atoms with Crippen LogP contribution in [0.3, 0.4) is 0 Å². The number of carbonyl (C=O) groups is 1. The number of ether oxygens (including phenoxy) is 1. The van der Waals surface area contributed by atoms with Crippen molar-refractivity contribution in [2.24, 2.45) is 0 Å². The molecule has 6 nitrogen and oxygen atoms in total. The number of phenols is 1. The number of hydrogen-bond donors (Lipinski definition) is 2. The van der Waals surface area contributed by atoms with Crippen molar-refractivity contribution in [2.45, 2.75) is 6.92 Å². The molecule has 24 heavy (non-hydrogen) atoms. The number of aromatic hydroxyl groups is 1. The number of benzene rings is 2. The molecule has 0 aliphatic heterocycles. The van der Waals surface area contributed by atoms with Crippen molar-refractivity contribution in [1.29, 1.82) is 0 Å². The topological polar surface area (TPSA) is 84.3 Å². The van der Waals surface area contributed by atoms with E-state index in [9.17, 15) is 9.90 Å². The van der Waals surface area contributed by atoms with Gasteiger partial charge in [0.05, 0.1) is 5.56 Å². The standard InChI is InChI=1S/C18H15N3O3/c1-12-3-8-16(22)15(11-12)17(23)21-13-4-6-14(7-5-13)24-18-19-9-2-10-20-18/h2-11,22H,1H3,(H,21,23). The first-order chi connectivity index (χ1) is 11.6. The minimum absolute atomic E-state index is 0.0562. The van der Waals surface area contributed by atoms with Gasteiger partial charge in [0.1, 0.15) is 11.5 Å². The molecule has 1 heterocycles. The molecule has 0 radical (unpaired) electrons. The Kier molecular flexibility index (Phi) is 4.38. The third-order valence-corrected chi connectivity index (χ3v) is 3.26. The fourth-order valence-electron chi connectivity index (χ4n) is 2.08. The molecule has 0 spiro atoms. The van der Waals surface area contributed by atoms with Gasteiger partial charge >= 0.3 is 6.01 Å². The lowest BCUT2D eigenvalue weighted by Crippen LogP contribution is -2.12. The van der Waals surface area contributed by atoms with Gasteiger partial charge in [0.2, 0.25) is 0 Å². The van der Waals surface area contributed by atoms with E-state index in [1.165, 1.54) is 6.07 Å². The molecule has 0 atom stereocenters. The number of anilines is 1. The summed E-state index contributed by atoms with van der Waals surface area (Å²) in [5.74, 6) is 0.119. The SMILES string of the molecule is Cc1ccc(O)c(C(=O)Nc2ccc(Oc3ncccn3)cc2)c1. The lowest BCUT2D eigenvalue weighted by molar-refractivity contribution is 0.102. The monoisotopic (exact) mass is 321 g/mol. The van der Waals surface area contributed by atoms with Crippen LogP contribution in [-0.2, 0) is 0 Å². The lowest BCUT2D eigenvalue weighted by Gasteiger charge is -2.08. The number of nitrogens with one attached hydrogen (secondary N) is 1. The Morgan fingerprint density at radius 3 is 2.50 bits per heavy atom. The van der Waals surface area contributed by atoms with Crippen LogP contribution in [0.25, 0.3) is 0 Å². The second-order valence-corrected chi connectivity index (χ2v) is 5.13. The largest absolute Gasteiger partial charge is 0.507 e. The van der Waals surface area contributed by atoms with E-state index in [1.54, 1.807) is 54.9 Å². The molecule has 2 N–H and O–H groups in total. The highest BCUT2D eigenvalue weighted by atomic mass is 16.5. The minimum atomic E-state index is -0.378. The molecule has 0 aliphatic rings. The summed E-state index contributed by atoms with van der Waals surface area (Å²) in [6, 6.07) is 13.6. The predicted molar refractivity (Wildman–Crippen MR) is 89.3 cm³/mol. The van der Waals surface area contributed by atoms with Crippen molar-refractivity contribution in [2.75, 3.05) is 5.32 Å². The highest BCUT2D eigenvalue weighted by Crippen LogP contribution is 2.22. The molecule has 0 saturated carbocycles. The molecule has 1 amide bonds. The molecule has 120 valence electrons. The molecule has 0 fully saturated rings. The highest BCUT2D eigenvalue weighted by molar-refractivity contribution is 6.06. The molecular weight excluding hydrogens is 306 g/mol. The van der Waals surface area contributed by atoms with Crippen LogP contribution in [0, 0.1) is 6.92 Å². The Balaban J connectivity index is 1.70. The maximum absolute atomic E-state index is 12.2. The van der Waals surface area contributed by atoms with Gasteiger partial charge in [-0.2, -0.15) is 0 Å². The number of hydrogen-bond acceptors (Lipinski definition) is 5. The van der Waals surface area contributed by atoms with Crippen LogP contribution in [0.5, 0.6) is 17.5 Å². The Bertz CT molecular complexity index is 849. The molecule has 3 rings (SSSR count). The molecule has 0 bridgehead atoms. The van der Waals surface area contributed by atoms with Crippen molar-refractivity contribution < 1.29 is 14.6 Å². The third kappa shape index (κ3) is 3.67. The van der Waals surface area contributed by atoms with E-state index in [2.05, 4.69) is 15.3 Å². The Morgan fingerprint density at radius 2 is 1.79 bits per heavy atom. The number of nitrogens with zero attached hydrogens (tertiary/aromatic N) is 2. The van der Waals surface area contributed by atoms with Crippen LogP contribution in [-0.4, -0.2) is 21.0 Å². The molecule has 0 unspecified atom stereocenters. The van der Waals surface area contributed by atoms with Crippen LogP contribution in [0.4, 0.5) is 5.69 Å². The summed E-state index contributed by atoms with van der Waals surface area (Å²) in [5.41, 5.74) is 1.71. The fourth-order valence-corrected chi connectivity index (χ4v) is 2.08. The molecule has 1 aromatic heterocycles. The molecule has 6 heteroatoms. The van der Waals surface area contributed by atoms with Crippen molar-refractivity contribution in [3.8, 4) is 17.5 Å². The van der Waals surface area contributed by atoms with E-state index in [-0.39, 0.29) is 23.2 Å². The Hall–Kier alpha value is -3.41. The number of carbonyl (C=O) groups excluding carboxylic acids is 1. The fraction of sp³-hybridized carbons (Fsp3) is 0.0556. The average Bonchev–Trinajstić information content (AvgIpc) is 2.59. The second-order valence-electron chi connectivity index (χ2n) is 5.13. The predicted octanol–water partition coefficient (Wildman–Crippen LogP) is 3.54. The smallest absolute Gasteiger partial charge is 0.321 e. The summed E-state index contributed by atoms with van der Waals surface area (Å²) in [6.45, 7) is 1.86. The summed E-state index contributed by atoms with van der Waals surface area (Å²) < 4.78 is 5.48. The van der Waals surface area contributed by atoms with E-state index < -0.39 is 0 Å². The van der Waals surface area contributed by atoms with Crippen molar-refractivity contribution in [1.82, 2.24) is 9.97 Å². The number of rotatable bonds is 4. The van der Waals surface area contributed by atoms with Crippen LogP contribution >= 0.6 is 0 Å². The minimum Gasteiger partial charge on any atom is -0.507 e. The molecule has 0 saturated heterocycles. The van der Waals surface area contributed by atoms with E-state index in [4.69, 9.17) is 4.74 Å². The van der Waals surface area contributed by atoms with Gasteiger partial charge in [-0.15, -0.1) is 0 Å². The molecular formula is C18H15N3O3. The van der Waals surface area contributed by atoms with E-state index in [1.807, 2.05) is 6.92 Å². The van der Waals surface area contributed by atoms with Gasteiger partial charge in [-0.1, -0.05) is 11.6 Å². The van der Waals surface area contributed by atoms with E-state index in [0.717, 1.165) is 5.56 Å². The highest BCUT2D eigenvalue weighted by Gasteiger charge is 2.11. The zero-order valence-corrected chi connectivity index (χ0v) is 12.9. The number of aromatic nitrogens is 2. The van der Waals surface area contributed by atoms with Gasteiger partial charge in [0.15, 0.2) is 0 Å². The van der Waals surface area contributed by atoms with Crippen LogP contribution < -0.4 is 10.1 Å². The summed E-state index contributed by atoms with van der Waals surface area (Å²) >= 11 is 0. The normalized spacial score (nSPS) is 10.2. The first kappa shape index (κ1) is 15.5. The van der Waals surface area contributed by atoms with Crippen molar-refractivity contribution >= 4 is 11.6 Å². The number of amides is 1. The second kappa shape index (κ2) is 6.78. The van der Waals surface area contributed by atoms with Gasteiger partial charge in [-0.25, -0.2) is 9.97 Å². The van der Waals surface area contributed by atoms with E-state index in [0.29, 0.717) is 11.4 Å².